The molecule has 0 aliphatic carbocycles. The Hall–Kier alpha value is -8.61. The van der Waals surface area contributed by atoms with E-state index < -0.39 is 0 Å². The van der Waals surface area contributed by atoms with Crippen LogP contribution in [0.3, 0.4) is 0 Å². The van der Waals surface area contributed by atoms with E-state index in [0.717, 1.165) is 67.3 Å². The molecule has 63 heavy (non-hydrogen) atoms. The van der Waals surface area contributed by atoms with E-state index >= 15 is 0 Å². The molecule has 14 rings (SSSR count). The van der Waals surface area contributed by atoms with E-state index in [1.165, 1.54) is 49.1 Å². The molecule has 0 radical (unpaired) electrons. The van der Waals surface area contributed by atoms with Crippen LogP contribution in [-0.4, -0.2) is 27.7 Å². The third-order valence-corrected chi connectivity index (χ3v) is 13.1. The van der Waals surface area contributed by atoms with Crippen LogP contribution in [0.1, 0.15) is 0 Å². The molecule has 0 atom stereocenters. The molecule has 0 spiro atoms. The van der Waals surface area contributed by atoms with E-state index in [1.807, 2.05) is 0 Å². The van der Waals surface area contributed by atoms with Gasteiger partial charge >= 0.3 is 0 Å². The van der Waals surface area contributed by atoms with Crippen LogP contribution < -0.4 is 0 Å². The maximum absolute atomic E-state index is 5.49. The topological polar surface area (TPSA) is 37.0 Å². The lowest BCUT2D eigenvalue weighted by atomic mass is 10.0. The maximum Gasteiger partial charge on any atom is 0.221 e. The number of imidazole rings is 2. The Morgan fingerprint density at radius 1 is 0.286 bits per heavy atom. The molecule has 6 nitrogen and oxygen atoms in total. The van der Waals surface area contributed by atoms with Crippen LogP contribution in [-0.2, 0) is 0 Å². The molecule has 0 amide bonds. The smallest absolute Gasteiger partial charge is 0.221 e. The molecule has 5 heterocycles. The van der Waals surface area contributed by atoms with Crippen molar-refractivity contribution in [3.05, 3.63) is 218 Å². The van der Waals surface area contributed by atoms with Gasteiger partial charge in [0.15, 0.2) is 5.65 Å². The second-order valence-corrected chi connectivity index (χ2v) is 16.5. The first kappa shape index (κ1) is 34.1. The van der Waals surface area contributed by atoms with Crippen LogP contribution in [0, 0.1) is 0 Å². The summed E-state index contributed by atoms with van der Waals surface area (Å²) < 4.78 is 11.8. The molecule has 14 aromatic rings. The van der Waals surface area contributed by atoms with Gasteiger partial charge in [0.25, 0.3) is 0 Å². The highest BCUT2D eigenvalue weighted by Crippen LogP contribution is 2.41. The summed E-state index contributed by atoms with van der Waals surface area (Å²) in [7, 11) is 0. The molecule has 0 aliphatic rings. The number of fused-ring (bicyclic) bond motifs is 13. The molecule has 5 aromatic heterocycles. The summed E-state index contributed by atoms with van der Waals surface area (Å²) in [6.45, 7) is 0. The number of rotatable bonds is 5. The molecule has 0 aliphatic heterocycles. The minimum absolute atomic E-state index is 0.879. The van der Waals surface area contributed by atoms with Crippen molar-refractivity contribution in [1.29, 1.82) is 0 Å². The Labute approximate surface area is 361 Å². The first-order valence-electron chi connectivity index (χ1n) is 21.5. The molecule has 0 unspecified atom stereocenters. The summed E-state index contributed by atoms with van der Waals surface area (Å²) in [6, 6.07) is 78.8. The van der Waals surface area contributed by atoms with Gasteiger partial charge < -0.3 is 9.13 Å². The van der Waals surface area contributed by atoms with E-state index in [4.69, 9.17) is 4.98 Å². The number of aromatic nitrogens is 6. The van der Waals surface area contributed by atoms with Crippen LogP contribution in [0.2, 0.25) is 0 Å². The van der Waals surface area contributed by atoms with Crippen molar-refractivity contribution in [3.8, 4) is 33.9 Å². The van der Waals surface area contributed by atoms with Gasteiger partial charge in [-0.25, -0.2) is 4.98 Å². The van der Waals surface area contributed by atoms with Gasteiger partial charge in [0.1, 0.15) is 5.52 Å². The van der Waals surface area contributed by atoms with Crippen LogP contribution in [0.4, 0.5) is 0 Å². The van der Waals surface area contributed by atoms with Crippen molar-refractivity contribution < 1.29 is 0 Å². The van der Waals surface area contributed by atoms with Gasteiger partial charge in [0.2, 0.25) is 5.78 Å². The van der Waals surface area contributed by atoms with Gasteiger partial charge in [-0.1, -0.05) is 121 Å². The highest BCUT2D eigenvalue weighted by molar-refractivity contribution is 6.14. The van der Waals surface area contributed by atoms with Crippen LogP contribution in [0.25, 0.3) is 116 Å². The zero-order valence-corrected chi connectivity index (χ0v) is 34.0. The highest BCUT2D eigenvalue weighted by atomic mass is 15.3. The second kappa shape index (κ2) is 12.9. The van der Waals surface area contributed by atoms with E-state index in [9.17, 15) is 0 Å². The van der Waals surface area contributed by atoms with Crippen molar-refractivity contribution in [1.82, 2.24) is 27.7 Å². The summed E-state index contributed by atoms with van der Waals surface area (Å²) in [5.41, 5.74) is 16.9. The molecule has 0 saturated heterocycles. The van der Waals surface area contributed by atoms with Crippen molar-refractivity contribution in [2.45, 2.75) is 0 Å². The third kappa shape index (κ3) is 4.80. The zero-order valence-electron chi connectivity index (χ0n) is 34.0. The lowest BCUT2D eigenvalue weighted by molar-refractivity contribution is 1.09. The predicted molar refractivity (Wildman–Crippen MR) is 260 cm³/mol. The molecule has 0 N–H and O–H groups in total. The fourth-order valence-electron chi connectivity index (χ4n) is 10.4. The number of hydrogen-bond donors (Lipinski definition) is 0. The SMILES string of the molecule is c1ccc(-n2c3ccccc3c3cc(-c4ccc5c(c4)c4ccccc4n5-c4ccc5c(c4)nc4n(-c6ccccc6)c6c7ccccc7n(-c7ccccc7)c6n54)ccc32)cc1. The largest absolute Gasteiger partial charge is 0.309 e. The zero-order chi connectivity index (χ0) is 41.2. The molecule has 0 fully saturated rings. The van der Waals surface area contributed by atoms with Gasteiger partial charge in [0, 0.05) is 49.7 Å². The van der Waals surface area contributed by atoms with Gasteiger partial charge in [-0.3, -0.25) is 13.5 Å². The molecule has 9 aromatic carbocycles. The van der Waals surface area contributed by atoms with E-state index in [1.54, 1.807) is 0 Å². The second-order valence-electron chi connectivity index (χ2n) is 16.5. The number of benzene rings is 9. The standard InChI is InChI=1S/C57H36N6/c1-4-16-39(17-5-1)59-49-25-13-10-22-43(49)46-34-37(28-31-52(46)59)38-29-32-53-47(35-38)44-23-11-14-26-50(44)60(53)42-30-33-54-48(36-42)58-57-62(41-20-8-3-9-21-41)55-45-24-12-15-27-51(45)61(56(55)63(54)57)40-18-6-2-7-19-40/h1-36H. The van der Waals surface area contributed by atoms with Crippen LogP contribution in [0.5, 0.6) is 0 Å². The number of nitrogens with zero attached hydrogens (tertiary/aromatic N) is 6. The normalized spacial score (nSPS) is 12.1. The maximum atomic E-state index is 5.49. The van der Waals surface area contributed by atoms with E-state index in [2.05, 4.69) is 241 Å². The van der Waals surface area contributed by atoms with Gasteiger partial charge in [-0.15, -0.1) is 0 Å². The fourth-order valence-corrected chi connectivity index (χ4v) is 10.4. The van der Waals surface area contributed by atoms with Crippen LogP contribution >= 0.6 is 0 Å². The van der Waals surface area contributed by atoms with E-state index in [-0.39, 0.29) is 0 Å². The Morgan fingerprint density at radius 2 is 0.714 bits per heavy atom. The molecular formula is C57H36N6. The molecule has 294 valence electrons. The lowest BCUT2D eigenvalue weighted by Crippen LogP contribution is -1.97. The Bertz CT molecular complexity index is 4120. The summed E-state index contributed by atoms with van der Waals surface area (Å²) in [6.07, 6.45) is 0. The van der Waals surface area contributed by atoms with Crippen molar-refractivity contribution in [2.75, 3.05) is 0 Å². The summed E-state index contributed by atoms with van der Waals surface area (Å²) in [4.78, 5) is 5.49. The first-order chi connectivity index (χ1) is 31.3. The van der Waals surface area contributed by atoms with Crippen molar-refractivity contribution >= 4 is 82.5 Å². The van der Waals surface area contributed by atoms with Gasteiger partial charge in [0.05, 0.1) is 38.6 Å². The molecule has 0 saturated carbocycles. The summed E-state index contributed by atoms with van der Waals surface area (Å²) in [5, 5.41) is 6.11. The average molecular weight is 805 g/mol. The minimum atomic E-state index is 0.879. The quantitative estimate of drug-likeness (QED) is 0.171. The fraction of sp³-hybridized carbons (Fsp3) is 0. The van der Waals surface area contributed by atoms with Crippen molar-refractivity contribution in [2.24, 2.45) is 0 Å². The summed E-state index contributed by atoms with van der Waals surface area (Å²) in [5.74, 6) is 0.879. The summed E-state index contributed by atoms with van der Waals surface area (Å²) >= 11 is 0. The predicted octanol–water partition coefficient (Wildman–Crippen LogP) is 14.2. The average Bonchev–Trinajstić information content (AvgIpc) is 4.14. The first-order valence-corrected chi connectivity index (χ1v) is 21.5. The Balaban J connectivity index is 0.972. The van der Waals surface area contributed by atoms with Gasteiger partial charge in [-0.2, -0.15) is 0 Å². The minimum Gasteiger partial charge on any atom is -0.309 e. The van der Waals surface area contributed by atoms with Gasteiger partial charge in [-0.05, 0) is 108 Å². The molecular weight excluding hydrogens is 769 g/mol. The van der Waals surface area contributed by atoms with Crippen LogP contribution in [0.15, 0.2) is 218 Å². The molecule has 0 bridgehead atoms. The Morgan fingerprint density at radius 3 is 1.29 bits per heavy atom. The highest BCUT2D eigenvalue weighted by Gasteiger charge is 2.25. The Kier molecular flexibility index (Phi) is 7.02. The van der Waals surface area contributed by atoms with E-state index in [0.29, 0.717) is 0 Å². The molecule has 6 heteroatoms. The van der Waals surface area contributed by atoms with Crippen molar-refractivity contribution in [3.63, 3.8) is 0 Å². The lowest BCUT2D eigenvalue weighted by Gasteiger charge is -2.10. The number of para-hydroxylation sites is 6. The third-order valence-electron chi connectivity index (χ3n) is 13.1. The monoisotopic (exact) mass is 804 g/mol. The number of hydrogen-bond acceptors (Lipinski definition) is 1.